The minimum atomic E-state index is -1.30. The van der Waals surface area contributed by atoms with Crippen molar-refractivity contribution in [3.63, 3.8) is 0 Å². The van der Waals surface area contributed by atoms with Crippen LogP contribution in [0, 0.1) is 0 Å². The Morgan fingerprint density at radius 2 is 0.568 bits per heavy atom. The van der Waals surface area contributed by atoms with E-state index in [1.807, 2.05) is 0 Å². The van der Waals surface area contributed by atoms with Crippen molar-refractivity contribution in [1.82, 2.24) is 24.9 Å². The van der Waals surface area contributed by atoms with Gasteiger partial charge in [0.25, 0.3) is 0 Å². The molecule has 0 bridgehead atoms. The molecule has 0 saturated heterocycles. The summed E-state index contributed by atoms with van der Waals surface area (Å²) in [5.41, 5.74) is -1.21. The van der Waals surface area contributed by atoms with E-state index < -0.39 is 23.9 Å². The summed E-state index contributed by atoms with van der Waals surface area (Å²) in [6.07, 6.45) is 0. The number of carboxylic acid groups (broad SMARTS) is 4. The molecule has 5 heterocycles. The Morgan fingerprint density at radius 3 is 0.795 bits per heavy atom. The number of pyridine rings is 5. The zero-order chi connectivity index (χ0) is 31.4. The van der Waals surface area contributed by atoms with Crippen LogP contribution in [0.3, 0.4) is 0 Å². The van der Waals surface area contributed by atoms with E-state index in [-0.39, 0.29) is 57.7 Å². The predicted molar refractivity (Wildman–Crippen MR) is 153 cm³/mol. The first-order chi connectivity index (χ1) is 21.1. The Morgan fingerprint density at radius 1 is 0.364 bits per heavy atom. The smallest absolute Gasteiger partial charge is 0.354 e. The lowest BCUT2D eigenvalue weighted by atomic mass is 10.2. The van der Waals surface area contributed by atoms with Crippen LogP contribution < -0.4 is 9.80 Å². The average molecular weight is 594 g/mol. The Hall–Kier alpha value is -6.77. The van der Waals surface area contributed by atoms with Gasteiger partial charge in [-0.1, -0.05) is 30.3 Å². The molecule has 0 atom stereocenters. The van der Waals surface area contributed by atoms with Crippen LogP contribution in [0.15, 0.2) is 91.0 Å². The summed E-state index contributed by atoms with van der Waals surface area (Å²) in [5.74, 6) is -4.91. The minimum absolute atomic E-state index is 0.0353. The van der Waals surface area contributed by atoms with Crippen molar-refractivity contribution in [2.24, 2.45) is 0 Å². The molecular formula is C29H19N7O8. The molecular weight excluding hydrogens is 574 g/mol. The SMILES string of the molecule is O=C(O)c1cccc(N(c2cccc(C(=O)O)n2)c2cccc(N(c3cccc(C(=O)O)n3)c3cccc(C(=O)O)n3)n2)n1. The largest absolute Gasteiger partial charge is 0.477 e. The summed E-state index contributed by atoms with van der Waals surface area (Å²) >= 11 is 0. The Labute approximate surface area is 247 Å². The maximum Gasteiger partial charge on any atom is 0.354 e. The molecule has 0 saturated carbocycles. The van der Waals surface area contributed by atoms with Gasteiger partial charge in [0, 0.05) is 0 Å². The maximum absolute atomic E-state index is 11.7. The fourth-order valence-corrected chi connectivity index (χ4v) is 4.03. The van der Waals surface area contributed by atoms with Gasteiger partial charge in [-0.05, 0) is 60.7 Å². The lowest BCUT2D eigenvalue weighted by Gasteiger charge is -2.26. The summed E-state index contributed by atoms with van der Waals surface area (Å²) < 4.78 is 0. The molecule has 5 aromatic heterocycles. The third-order valence-corrected chi connectivity index (χ3v) is 5.91. The van der Waals surface area contributed by atoms with Gasteiger partial charge in [0.1, 0.15) is 34.9 Å². The van der Waals surface area contributed by atoms with Crippen LogP contribution in [0.25, 0.3) is 0 Å². The highest BCUT2D eigenvalue weighted by molar-refractivity contribution is 5.89. The van der Waals surface area contributed by atoms with E-state index in [4.69, 9.17) is 0 Å². The molecule has 0 aliphatic carbocycles. The van der Waals surface area contributed by atoms with E-state index in [2.05, 4.69) is 24.9 Å². The summed E-state index contributed by atoms with van der Waals surface area (Å²) in [6.45, 7) is 0. The molecule has 0 aliphatic heterocycles. The number of rotatable bonds is 10. The third kappa shape index (κ3) is 5.96. The second kappa shape index (κ2) is 12.0. The van der Waals surface area contributed by atoms with E-state index in [0.29, 0.717) is 0 Å². The number of hydrogen-bond acceptors (Lipinski definition) is 11. The Kier molecular flexibility index (Phi) is 7.84. The van der Waals surface area contributed by atoms with Crippen molar-refractivity contribution in [2.45, 2.75) is 0 Å². The van der Waals surface area contributed by atoms with Crippen LogP contribution in [0.5, 0.6) is 0 Å². The van der Waals surface area contributed by atoms with Crippen LogP contribution in [0.4, 0.5) is 34.9 Å². The molecule has 0 fully saturated rings. The second-order valence-electron chi connectivity index (χ2n) is 8.77. The van der Waals surface area contributed by atoms with Crippen LogP contribution >= 0.6 is 0 Å². The lowest BCUT2D eigenvalue weighted by molar-refractivity contribution is 0.0680. The van der Waals surface area contributed by atoms with Crippen molar-refractivity contribution in [2.75, 3.05) is 9.80 Å². The molecule has 0 unspecified atom stereocenters. The average Bonchev–Trinajstić information content (AvgIpc) is 3.02. The standard InChI is InChI=1S/C29H19N7O8/c37-26(38)16-6-1-10-20(30-16)35(21-11-2-7-17(31-21)27(39)40)24-14-5-15-25(34-24)36(22-12-3-8-18(32-22)28(41)42)23-13-4-9-19(33-23)29(43)44/h1-15H,(H,37,38)(H,39,40)(H,41,42)(H,43,44). The summed E-state index contributed by atoms with van der Waals surface area (Å²) in [4.78, 5) is 70.9. The topological polar surface area (TPSA) is 220 Å². The van der Waals surface area contributed by atoms with E-state index >= 15 is 0 Å². The van der Waals surface area contributed by atoms with E-state index in [1.165, 1.54) is 94.7 Å². The van der Waals surface area contributed by atoms with Gasteiger partial charge in [-0.15, -0.1) is 0 Å². The van der Waals surface area contributed by atoms with Crippen molar-refractivity contribution in [1.29, 1.82) is 0 Å². The number of nitrogens with zero attached hydrogens (tertiary/aromatic N) is 7. The lowest BCUT2D eigenvalue weighted by Crippen LogP contribution is -2.20. The fourth-order valence-electron chi connectivity index (χ4n) is 4.03. The molecule has 0 aliphatic rings. The Bertz CT molecular complexity index is 1680. The third-order valence-electron chi connectivity index (χ3n) is 5.91. The number of aromatic carboxylic acids is 4. The summed E-state index contributed by atoms with van der Waals surface area (Å²) in [7, 11) is 0. The van der Waals surface area contributed by atoms with E-state index in [0.717, 1.165) is 0 Å². The molecule has 15 nitrogen and oxygen atoms in total. The molecule has 0 amide bonds. The van der Waals surface area contributed by atoms with E-state index in [9.17, 15) is 39.6 Å². The first-order valence-electron chi connectivity index (χ1n) is 12.5. The molecule has 4 N–H and O–H groups in total. The quantitative estimate of drug-likeness (QED) is 0.176. The fraction of sp³-hybridized carbons (Fsp3) is 0. The highest BCUT2D eigenvalue weighted by Crippen LogP contribution is 2.36. The van der Waals surface area contributed by atoms with Gasteiger partial charge >= 0.3 is 23.9 Å². The summed E-state index contributed by atoms with van der Waals surface area (Å²) in [6, 6.07) is 21.4. The van der Waals surface area contributed by atoms with Crippen LogP contribution in [0.2, 0.25) is 0 Å². The molecule has 5 rings (SSSR count). The molecule has 218 valence electrons. The number of aromatic nitrogens is 5. The highest BCUT2D eigenvalue weighted by atomic mass is 16.4. The van der Waals surface area contributed by atoms with Gasteiger partial charge in [0.15, 0.2) is 22.8 Å². The molecule has 0 aromatic carbocycles. The number of carbonyl (C=O) groups is 4. The molecule has 15 heteroatoms. The van der Waals surface area contributed by atoms with Gasteiger partial charge in [-0.2, -0.15) is 0 Å². The Balaban J connectivity index is 1.73. The van der Waals surface area contributed by atoms with Gasteiger partial charge in [-0.25, -0.2) is 44.1 Å². The number of hydrogen-bond donors (Lipinski definition) is 4. The van der Waals surface area contributed by atoms with Gasteiger partial charge in [-0.3, -0.25) is 9.80 Å². The van der Waals surface area contributed by atoms with Gasteiger partial charge < -0.3 is 20.4 Å². The van der Waals surface area contributed by atoms with Crippen molar-refractivity contribution < 1.29 is 39.6 Å². The number of carboxylic acids is 4. The normalized spacial score (nSPS) is 10.5. The van der Waals surface area contributed by atoms with Crippen molar-refractivity contribution in [3.05, 3.63) is 114 Å². The zero-order valence-electron chi connectivity index (χ0n) is 22.2. The van der Waals surface area contributed by atoms with Gasteiger partial charge in [0.05, 0.1) is 0 Å². The van der Waals surface area contributed by atoms with Gasteiger partial charge in [0.2, 0.25) is 0 Å². The van der Waals surface area contributed by atoms with Crippen LogP contribution in [-0.4, -0.2) is 69.2 Å². The second-order valence-corrected chi connectivity index (χ2v) is 8.77. The first kappa shape index (κ1) is 28.7. The van der Waals surface area contributed by atoms with Crippen LogP contribution in [0.1, 0.15) is 42.0 Å². The molecule has 44 heavy (non-hydrogen) atoms. The summed E-state index contributed by atoms with van der Waals surface area (Å²) in [5, 5.41) is 38.2. The highest BCUT2D eigenvalue weighted by Gasteiger charge is 2.24. The molecule has 0 radical (unpaired) electrons. The monoisotopic (exact) mass is 593 g/mol. The predicted octanol–water partition coefficient (Wildman–Crippen LogP) is 4.39. The first-order valence-corrected chi connectivity index (χ1v) is 12.5. The minimum Gasteiger partial charge on any atom is -0.477 e. The van der Waals surface area contributed by atoms with Crippen LogP contribution in [-0.2, 0) is 0 Å². The zero-order valence-corrected chi connectivity index (χ0v) is 22.2. The maximum atomic E-state index is 11.7. The molecule has 5 aromatic rings. The van der Waals surface area contributed by atoms with Crippen molar-refractivity contribution >= 4 is 58.8 Å². The molecule has 0 spiro atoms. The van der Waals surface area contributed by atoms with Crippen molar-refractivity contribution in [3.8, 4) is 0 Å². The number of anilines is 6. The van der Waals surface area contributed by atoms with E-state index in [1.54, 1.807) is 6.07 Å².